The number of hydrogen-bond donors (Lipinski definition) is 13. The van der Waals surface area contributed by atoms with Gasteiger partial charge in [-0.05, 0) is 54.5 Å². The number of aromatic nitrogens is 1. The van der Waals surface area contributed by atoms with Gasteiger partial charge in [-0.1, -0.05) is 107 Å². The largest absolute Gasteiger partial charge is 0.481 e. The topological polar surface area (TPSA) is 312 Å². The number of aliphatic carboxylic acids is 1. The van der Waals surface area contributed by atoms with Crippen molar-refractivity contribution in [2.75, 3.05) is 18.1 Å². The molecule has 1 aliphatic rings. The number of benzene rings is 3. The molecule has 0 spiro atoms. The zero-order valence-electron chi connectivity index (χ0n) is 41.8. The molecule has 20 nitrogen and oxygen atoms in total. The van der Waals surface area contributed by atoms with Crippen molar-refractivity contribution < 1.29 is 48.3 Å². The number of hydrogen-bond acceptors (Lipinski definition) is 12. The van der Waals surface area contributed by atoms with E-state index in [1.165, 1.54) is 0 Å². The van der Waals surface area contributed by atoms with Crippen LogP contribution in [0.1, 0.15) is 81.9 Å². The highest BCUT2D eigenvalue weighted by atomic mass is 32.1. The number of carbonyl (C=O) groups excluding carboxylic acids is 8. The van der Waals surface area contributed by atoms with Crippen LogP contribution in [0.3, 0.4) is 0 Å². The maximum absolute atomic E-state index is 14.9. The predicted octanol–water partition coefficient (Wildman–Crippen LogP) is 1.33. The first-order valence-corrected chi connectivity index (χ1v) is 25.8. The summed E-state index contributed by atoms with van der Waals surface area (Å²) in [5.41, 5.74) is 8.50. The third-order valence-corrected chi connectivity index (χ3v) is 13.7. The van der Waals surface area contributed by atoms with Gasteiger partial charge in [0.25, 0.3) is 0 Å². The van der Waals surface area contributed by atoms with Crippen LogP contribution < -0.4 is 48.3 Å². The molecule has 1 saturated heterocycles. The molecule has 74 heavy (non-hydrogen) atoms. The summed E-state index contributed by atoms with van der Waals surface area (Å²) in [6.07, 6.45) is 1.55. The van der Waals surface area contributed by atoms with Crippen LogP contribution in [0.25, 0.3) is 10.9 Å². The molecule has 22 heteroatoms. The predicted molar refractivity (Wildman–Crippen MR) is 285 cm³/mol. The van der Waals surface area contributed by atoms with Crippen molar-refractivity contribution in [2.45, 2.75) is 120 Å². The number of H-pyrrole nitrogens is 1. The van der Waals surface area contributed by atoms with Crippen molar-refractivity contribution >= 4 is 89.4 Å². The van der Waals surface area contributed by atoms with E-state index in [9.17, 15) is 48.3 Å². The van der Waals surface area contributed by atoms with E-state index in [0.717, 1.165) is 10.9 Å². The fourth-order valence-electron chi connectivity index (χ4n) is 8.62. The number of fused-ring (bicyclic) bond motifs is 1. The summed E-state index contributed by atoms with van der Waals surface area (Å²) in [5.74, 6) is -11.3. The molecule has 0 bridgehead atoms. The third kappa shape index (κ3) is 15.8. The molecule has 10 atom stereocenters. The minimum atomic E-state index is -1.78. The highest BCUT2D eigenvalue weighted by Gasteiger charge is 2.39. The molecule has 8 amide bonds. The molecule has 0 radical (unpaired) electrons. The molecule has 12 N–H and O–H groups in total. The van der Waals surface area contributed by atoms with Gasteiger partial charge in [0, 0.05) is 46.9 Å². The average molecular weight is 1060 g/mol. The Morgan fingerprint density at radius 1 is 0.527 bits per heavy atom. The number of nitrogens with two attached hydrogens (primary N) is 1. The van der Waals surface area contributed by atoms with Crippen LogP contribution in [0.15, 0.2) is 91.1 Å². The van der Waals surface area contributed by atoms with Gasteiger partial charge in [-0.25, -0.2) is 0 Å². The number of thiol groups is 2. The number of nitrogens with one attached hydrogen (secondary N) is 9. The van der Waals surface area contributed by atoms with Gasteiger partial charge in [0.2, 0.25) is 47.3 Å². The van der Waals surface area contributed by atoms with Gasteiger partial charge in [0.1, 0.15) is 48.3 Å². The number of aromatic amines is 1. The van der Waals surface area contributed by atoms with Crippen LogP contribution in [-0.2, 0) is 49.6 Å². The third-order valence-electron chi connectivity index (χ3n) is 13.0. The Hall–Kier alpha value is -6.91. The van der Waals surface area contributed by atoms with Gasteiger partial charge in [-0.2, -0.15) is 25.3 Å². The number of para-hydroxylation sites is 1. The van der Waals surface area contributed by atoms with E-state index >= 15 is 0 Å². The highest BCUT2D eigenvalue weighted by molar-refractivity contribution is 7.80. The van der Waals surface area contributed by atoms with E-state index in [1.54, 1.807) is 94.6 Å². The quantitative estimate of drug-likeness (QED) is 0.0595. The van der Waals surface area contributed by atoms with Crippen LogP contribution in [-0.4, -0.2) is 130 Å². The second kappa shape index (κ2) is 28.0. The van der Waals surface area contributed by atoms with Crippen molar-refractivity contribution in [3.63, 3.8) is 0 Å². The second-order valence-electron chi connectivity index (χ2n) is 18.7. The van der Waals surface area contributed by atoms with Gasteiger partial charge in [-0.3, -0.25) is 43.2 Å². The minimum Gasteiger partial charge on any atom is -0.481 e. The summed E-state index contributed by atoms with van der Waals surface area (Å²) in [6, 6.07) is 13.3. The molecule has 1 aromatic heterocycles. The minimum absolute atomic E-state index is 0.0603. The van der Waals surface area contributed by atoms with Gasteiger partial charge in [0.15, 0.2) is 0 Å². The van der Waals surface area contributed by atoms with Crippen LogP contribution in [0.2, 0.25) is 0 Å². The number of carbonyl (C=O) groups is 9. The van der Waals surface area contributed by atoms with E-state index in [-0.39, 0.29) is 30.9 Å². The lowest BCUT2D eigenvalue weighted by atomic mass is 9.91. The molecule has 2 heterocycles. The molecule has 5 rings (SSSR count). The first-order chi connectivity index (χ1) is 35.4. The summed E-state index contributed by atoms with van der Waals surface area (Å²) >= 11 is 8.64. The molecule has 4 aromatic rings. The SMILES string of the molecule is CC(C)[C@@H]1NC(=O)[C@H](CS)NC(=O)[C@H](C(C)c2ccccc2)NC(=O)[C@H](CCCCN)NC(=O)[C@H](Cc2c[nH]c3ccccc23)NC(=O)[C@H](C(C)c2ccccc2)NC(=O)[C@H](CS)NC(=O)[C@H](CC(=O)O)NC1=O. The first kappa shape index (κ1) is 58.0. The molecule has 1 fully saturated rings. The lowest BCUT2D eigenvalue weighted by molar-refractivity contribution is -0.141. The summed E-state index contributed by atoms with van der Waals surface area (Å²) in [4.78, 5) is 130. The maximum Gasteiger partial charge on any atom is 0.305 e. The van der Waals surface area contributed by atoms with E-state index in [2.05, 4.69) is 72.8 Å². The molecule has 2 unspecified atom stereocenters. The van der Waals surface area contributed by atoms with Crippen molar-refractivity contribution in [2.24, 2.45) is 11.7 Å². The molecule has 3 aromatic carbocycles. The molecule has 398 valence electrons. The van der Waals surface area contributed by atoms with E-state index in [1.807, 2.05) is 24.3 Å². The Morgan fingerprint density at radius 2 is 0.946 bits per heavy atom. The Labute approximate surface area is 440 Å². The number of amides is 8. The van der Waals surface area contributed by atoms with Crippen LogP contribution in [0.5, 0.6) is 0 Å². The van der Waals surface area contributed by atoms with Gasteiger partial charge in [0.05, 0.1) is 6.42 Å². The van der Waals surface area contributed by atoms with Crippen LogP contribution >= 0.6 is 25.3 Å². The molecular weight excluding hydrogens is 989 g/mol. The van der Waals surface area contributed by atoms with Crippen LogP contribution in [0, 0.1) is 5.92 Å². The first-order valence-electron chi connectivity index (χ1n) is 24.6. The van der Waals surface area contributed by atoms with E-state index in [0.29, 0.717) is 29.5 Å². The average Bonchev–Trinajstić information content (AvgIpc) is 3.80. The second-order valence-corrected chi connectivity index (χ2v) is 19.4. The molecule has 0 aliphatic carbocycles. The molecule has 1 aliphatic heterocycles. The van der Waals surface area contributed by atoms with Crippen molar-refractivity contribution in [3.05, 3.63) is 108 Å². The van der Waals surface area contributed by atoms with Gasteiger partial charge >= 0.3 is 5.97 Å². The Balaban J connectivity index is 1.64. The zero-order valence-corrected chi connectivity index (χ0v) is 43.6. The summed E-state index contributed by atoms with van der Waals surface area (Å²) in [5, 5.41) is 31.9. The maximum atomic E-state index is 14.9. The standard InChI is InChI=1S/C52H68N10O10S2/c1-28(2)42-50(70)57-38(24-41(63)64)47(67)58-39(26-73)49(69)62-43(29(3)31-15-7-5-8-16-31)51(71)56-37(23-33-25-54-35-20-12-11-19-34(33)35)46(66)55-36(21-13-14-22-53)45(65)61-44(30(4)32-17-9-6-10-18-32)52(72)59-40(27-74)48(68)60-42/h5-12,15-20,25,28-30,36-40,42-44,54,73-74H,13-14,21-24,26-27,53H2,1-4H3,(H,55,66)(H,56,71)(H,57,70)(H,58,67)(H,59,72)(H,60,68)(H,61,65)(H,62,69)(H,63,64)/t29?,30?,36-,37-,38-,39-,40-,42-,43-,44-/m0/s1. The Kier molecular flexibility index (Phi) is 21.9. The lowest BCUT2D eigenvalue weighted by Gasteiger charge is -2.31. The van der Waals surface area contributed by atoms with Crippen molar-refractivity contribution in [1.29, 1.82) is 0 Å². The zero-order chi connectivity index (χ0) is 54.1. The Morgan fingerprint density at radius 3 is 1.46 bits per heavy atom. The smallest absolute Gasteiger partial charge is 0.305 e. The lowest BCUT2D eigenvalue weighted by Crippen LogP contribution is -2.63. The van der Waals surface area contributed by atoms with Gasteiger partial charge in [-0.15, -0.1) is 0 Å². The van der Waals surface area contributed by atoms with Crippen LogP contribution in [0.4, 0.5) is 0 Å². The van der Waals surface area contributed by atoms with Crippen molar-refractivity contribution in [3.8, 4) is 0 Å². The molecule has 0 saturated carbocycles. The fourth-order valence-corrected chi connectivity index (χ4v) is 9.14. The highest BCUT2D eigenvalue weighted by Crippen LogP contribution is 2.24. The van der Waals surface area contributed by atoms with E-state index < -0.39 is 126 Å². The number of carboxylic acid groups (broad SMARTS) is 1. The fraction of sp³-hybridized carbons (Fsp3) is 0.442. The monoisotopic (exact) mass is 1060 g/mol. The number of carboxylic acids is 1. The summed E-state index contributed by atoms with van der Waals surface area (Å²) < 4.78 is 0. The normalized spacial score (nSPS) is 24.2. The van der Waals surface area contributed by atoms with E-state index in [4.69, 9.17) is 5.73 Å². The van der Waals surface area contributed by atoms with Crippen molar-refractivity contribution in [1.82, 2.24) is 47.5 Å². The molecular formula is C52H68N10O10S2. The number of unbranched alkanes of at least 4 members (excludes halogenated alkanes) is 1. The Bertz CT molecular complexity index is 2600. The van der Waals surface area contributed by atoms with Gasteiger partial charge < -0.3 is 58.4 Å². The summed E-state index contributed by atoms with van der Waals surface area (Å²) in [7, 11) is 0. The number of rotatable bonds is 15. The summed E-state index contributed by atoms with van der Waals surface area (Å²) in [6.45, 7) is 6.83.